The number of fused-ring (bicyclic) bond motifs is 1. The average molecular weight is 235 g/mol. The van der Waals surface area contributed by atoms with Crippen LogP contribution in [0.1, 0.15) is 24.5 Å². The lowest BCUT2D eigenvalue weighted by atomic mass is 10.1. The summed E-state index contributed by atoms with van der Waals surface area (Å²) < 4.78 is 10.9. The average Bonchev–Trinajstić information content (AvgIpc) is 2.78. The largest absolute Gasteiger partial charge is 0.491 e. The van der Waals surface area contributed by atoms with Gasteiger partial charge in [0.05, 0.1) is 12.3 Å². The van der Waals surface area contributed by atoms with Crippen molar-refractivity contribution in [2.24, 2.45) is 5.16 Å². The van der Waals surface area contributed by atoms with Gasteiger partial charge in [0.15, 0.2) is 0 Å². The molecule has 0 bridgehead atoms. The van der Waals surface area contributed by atoms with Gasteiger partial charge < -0.3 is 14.7 Å². The molecule has 1 aliphatic rings. The van der Waals surface area contributed by atoms with E-state index in [9.17, 15) is 0 Å². The van der Waals surface area contributed by atoms with Crippen molar-refractivity contribution in [3.05, 3.63) is 29.3 Å². The van der Waals surface area contributed by atoms with E-state index in [4.69, 9.17) is 14.7 Å². The zero-order valence-corrected chi connectivity index (χ0v) is 9.98. The number of oxime groups is 1. The van der Waals surface area contributed by atoms with Crippen LogP contribution in [0, 0.1) is 0 Å². The summed E-state index contributed by atoms with van der Waals surface area (Å²) in [5.41, 5.74) is 2.88. The van der Waals surface area contributed by atoms with Crippen LogP contribution in [0.4, 0.5) is 0 Å². The van der Waals surface area contributed by atoms with Crippen LogP contribution in [0.3, 0.4) is 0 Å². The summed E-state index contributed by atoms with van der Waals surface area (Å²) >= 11 is 0. The lowest BCUT2D eigenvalue weighted by Gasteiger charge is -2.10. The number of rotatable bonds is 5. The van der Waals surface area contributed by atoms with E-state index in [1.54, 1.807) is 0 Å². The molecule has 1 aromatic rings. The first-order valence-corrected chi connectivity index (χ1v) is 5.90. The molecule has 17 heavy (non-hydrogen) atoms. The molecular formula is C13H17NO3. The Morgan fingerprint density at radius 3 is 2.94 bits per heavy atom. The van der Waals surface area contributed by atoms with E-state index in [1.807, 2.05) is 25.1 Å². The number of benzene rings is 1. The van der Waals surface area contributed by atoms with Crippen LogP contribution in [0.2, 0.25) is 0 Å². The summed E-state index contributed by atoms with van der Waals surface area (Å²) in [5.74, 6) is 0.876. The minimum atomic E-state index is 0.551. The van der Waals surface area contributed by atoms with Crippen LogP contribution in [0.25, 0.3) is 0 Å². The fraction of sp³-hybridized carbons (Fsp3) is 0.462. The number of nitrogens with zero attached hydrogens (tertiary/aromatic N) is 1. The van der Waals surface area contributed by atoms with Gasteiger partial charge in [0.2, 0.25) is 0 Å². The maximum Gasteiger partial charge on any atom is 0.123 e. The number of hydrogen-bond donors (Lipinski definition) is 1. The summed E-state index contributed by atoms with van der Waals surface area (Å²) in [6, 6.07) is 5.84. The van der Waals surface area contributed by atoms with Crippen LogP contribution in [-0.4, -0.2) is 30.7 Å². The van der Waals surface area contributed by atoms with Crippen molar-refractivity contribution in [1.29, 1.82) is 0 Å². The molecule has 0 aliphatic heterocycles. The van der Waals surface area contributed by atoms with Gasteiger partial charge in [-0.05, 0) is 25.8 Å². The van der Waals surface area contributed by atoms with Crippen LogP contribution < -0.4 is 4.74 Å². The highest BCUT2D eigenvalue weighted by atomic mass is 16.5. The molecule has 0 amide bonds. The molecule has 1 N–H and O–H groups in total. The van der Waals surface area contributed by atoms with Gasteiger partial charge in [-0.3, -0.25) is 0 Å². The monoisotopic (exact) mass is 235 g/mol. The van der Waals surface area contributed by atoms with E-state index >= 15 is 0 Å². The van der Waals surface area contributed by atoms with E-state index in [-0.39, 0.29) is 0 Å². The van der Waals surface area contributed by atoms with Crippen molar-refractivity contribution in [1.82, 2.24) is 0 Å². The Hall–Kier alpha value is -1.55. The highest BCUT2D eigenvalue weighted by molar-refractivity contribution is 6.04. The van der Waals surface area contributed by atoms with E-state index in [2.05, 4.69) is 5.16 Å². The highest BCUT2D eigenvalue weighted by Gasteiger charge is 2.21. The third-order valence-electron chi connectivity index (χ3n) is 2.87. The second-order valence-electron chi connectivity index (χ2n) is 3.87. The van der Waals surface area contributed by atoms with Gasteiger partial charge in [0, 0.05) is 17.7 Å². The van der Waals surface area contributed by atoms with Crippen molar-refractivity contribution in [2.45, 2.75) is 19.8 Å². The Balaban J connectivity index is 2.07. The molecule has 0 saturated carbocycles. The number of hydrogen-bond acceptors (Lipinski definition) is 4. The molecule has 0 heterocycles. The van der Waals surface area contributed by atoms with Gasteiger partial charge in [0.1, 0.15) is 12.4 Å². The molecule has 0 unspecified atom stereocenters. The van der Waals surface area contributed by atoms with Gasteiger partial charge in [-0.25, -0.2) is 0 Å². The molecule has 4 heteroatoms. The fourth-order valence-electron chi connectivity index (χ4n) is 2.07. The Labute approximate surface area is 101 Å². The molecule has 0 fully saturated rings. The first kappa shape index (κ1) is 11.9. The van der Waals surface area contributed by atoms with Gasteiger partial charge in [0.25, 0.3) is 0 Å². The SMILES string of the molecule is CCOCCOc1cccc2c1CCC2=NO. The van der Waals surface area contributed by atoms with Crippen molar-refractivity contribution >= 4 is 5.71 Å². The van der Waals surface area contributed by atoms with Crippen LogP contribution in [0.5, 0.6) is 5.75 Å². The second-order valence-corrected chi connectivity index (χ2v) is 3.87. The normalized spacial score (nSPS) is 16.2. The van der Waals surface area contributed by atoms with Crippen molar-refractivity contribution in [3.63, 3.8) is 0 Å². The molecule has 0 aromatic heterocycles. The Morgan fingerprint density at radius 2 is 2.18 bits per heavy atom. The zero-order valence-electron chi connectivity index (χ0n) is 9.98. The molecule has 0 atom stereocenters. The van der Waals surface area contributed by atoms with Gasteiger partial charge in [-0.15, -0.1) is 0 Å². The standard InChI is InChI=1S/C13H17NO3/c1-2-16-8-9-17-13-5-3-4-10-11(13)6-7-12(10)14-15/h3-5,15H,2,6-9H2,1H3. The molecule has 0 saturated heterocycles. The van der Waals surface area contributed by atoms with Crippen LogP contribution in [0.15, 0.2) is 23.4 Å². The Kier molecular flexibility index (Phi) is 3.98. The quantitative estimate of drug-likeness (QED) is 0.483. The molecule has 2 rings (SSSR count). The Morgan fingerprint density at radius 1 is 1.29 bits per heavy atom. The first-order chi connectivity index (χ1) is 8.36. The molecule has 1 aliphatic carbocycles. The Bertz CT molecular complexity index is 415. The molecule has 4 nitrogen and oxygen atoms in total. The molecular weight excluding hydrogens is 218 g/mol. The van der Waals surface area contributed by atoms with Crippen molar-refractivity contribution in [2.75, 3.05) is 19.8 Å². The zero-order chi connectivity index (χ0) is 12.1. The van der Waals surface area contributed by atoms with E-state index < -0.39 is 0 Å². The summed E-state index contributed by atoms with van der Waals surface area (Å²) in [5, 5.41) is 12.2. The lowest BCUT2D eigenvalue weighted by molar-refractivity contribution is 0.110. The van der Waals surface area contributed by atoms with Crippen LogP contribution >= 0.6 is 0 Å². The van der Waals surface area contributed by atoms with Crippen molar-refractivity contribution in [3.8, 4) is 5.75 Å². The fourth-order valence-corrected chi connectivity index (χ4v) is 2.07. The topological polar surface area (TPSA) is 51.0 Å². The third kappa shape index (κ3) is 2.58. The van der Waals surface area contributed by atoms with Gasteiger partial charge in [-0.2, -0.15) is 0 Å². The minimum absolute atomic E-state index is 0.551. The van der Waals surface area contributed by atoms with E-state index in [1.165, 1.54) is 0 Å². The minimum Gasteiger partial charge on any atom is -0.491 e. The van der Waals surface area contributed by atoms with Gasteiger partial charge in [-0.1, -0.05) is 17.3 Å². The predicted octanol–water partition coefficient (Wildman–Crippen LogP) is 2.23. The second kappa shape index (κ2) is 5.68. The molecule has 0 radical (unpaired) electrons. The summed E-state index contributed by atoms with van der Waals surface area (Å²) in [6.45, 7) is 3.82. The highest BCUT2D eigenvalue weighted by Crippen LogP contribution is 2.30. The molecule has 0 spiro atoms. The first-order valence-electron chi connectivity index (χ1n) is 5.90. The predicted molar refractivity (Wildman–Crippen MR) is 65.1 cm³/mol. The number of ether oxygens (including phenoxy) is 2. The van der Waals surface area contributed by atoms with E-state index in [0.717, 1.165) is 35.4 Å². The smallest absolute Gasteiger partial charge is 0.123 e. The molecule has 1 aromatic carbocycles. The summed E-state index contributed by atoms with van der Waals surface area (Å²) in [6.07, 6.45) is 1.65. The van der Waals surface area contributed by atoms with Gasteiger partial charge >= 0.3 is 0 Å². The molecule has 92 valence electrons. The summed E-state index contributed by atoms with van der Waals surface area (Å²) in [4.78, 5) is 0. The van der Waals surface area contributed by atoms with E-state index in [0.29, 0.717) is 19.8 Å². The summed E-state index contributed by atoms with van der Waals surface area (Å²) in [7, 11) is 0. The van der Waals surface area contributed by atoms with Crippen molar-refractivity contribution < 1.29 is 14.7 Å². The maximum absolute atomic E-state index is 8.88. The van der Waals surface area contributed by atoms with Crippen LogP contribution in [-0.2, 0) is 11.2 Å². The lowest BCUT2D eigenvalue weighted by Crippen LogP contribution is -2.07. The third-order valence-corrected chi connectivity index (χ3v) is 2.87. The maximum atomic E-state index is 8.88.